The summed E-state index contributed by atoms with van der Waals surface area (Å²) in [7, 11) is 0. The van der Waals surface area contributed by atoms with E-state index in [0.29, 0.717) is 0 Å². The van der Waals surface area contributed by atoms with Gasteiger partial charge in [0.25, 0.3) is 0 Å². The van der Waals surface area contributed by atoms with E-state index in [9.17, 15) is 0 Å². The van der Waals surface area contributed by atoms with Crippen LogP contribution in [0.25, 0.3) is 0 Å². The minimum absolute atomic E-state index is 1.11. The van der Waals surface area contributed by atoms with Crippen LogP contribution in [0.1, 0.15) is 47.2 Å². The highest BCUT2D eigenvalue weighted by molar-refractivity contribution is 7.07. The fraction of sp³-hybridized carbons (Fsp3) is 0.700. The summed E-state index contributed by atoms with van der Waals surface area (Å²) in [5.41, 5.74) is 2.94. The molecular weight excluding hydrogens is 166 g/mol. The minimum Gasteiger partial charge on any atom is -0.250 e. The molecule has 0 aromatic carbocycles. The van der Waals surface area contributed by atoms with Crippen molar-refractivity contribution >= 4 is 11.3 Å². The predicted octanol–water partition coefficient (Wildman–Crippen LogP) is 4.53. The van der Waals surface area contributed by atoms with Crippen LogP contribution in [0.15, 0.2) is 10.9 Å². The Morgan fingerprint density at radius 3 is 1.50 bits per heavy atom. The van der Waals surface area contributed by atoms with Crippen molar-refractivity contribution in [3.8, 4) is 0 Å². The van der Waals surface area contributed by atoms with E-state index in [4.69, 9.17) is 0 Å². The second kappa shape index (κ2) is 22.4. The largest absolute Gasteiger partial charge is 0.250 e. The van der Waals surface area contributed by atoms with Gasteiger partial charge in [-0.1, -0.05) is 41.5 Å². The van der Waals surface area contributed by atoms with Gasteiger partial charge in [0.1, 0.15) is 0 Å². The van der Waals surface area contributed by atoms with Crippen LogP contribution in [-0.4, -0.2) is 4.98 Å². The first-order valence-corrected chi connectivity index (χ1v) is 5.68. The second-order valence-corrected chi connectivity index (χ2v) is 1.85. The fourth-order valence-corrected chi connectivity index (χ4v) is 0.819. The van der Waals surface area contributed by atoms with Gasteiger partial charge in [-0.25, -0.2) is 0 Å². The van der Waals surface area contributed by atoms with Crippen LogP contribution in [0.4, 0.5) is 0 Å². The van der Waals surface area contributed by atoms with E-state index in [0.717, 1.165) is 5.69 Å². The lowest BCUT2D eigenvalue weighted by atomic mass is 10.6. The molecule has 2 heteroatoms. The molecule has 0 saturated carbocycles. The average Bonchev–Trinajstić information content (AvgIpc) is 2.66. The molecule has 1 heterocycles. The maximum Gasteiger partial charge on any atom is 0.0794 e. The Balaban J connectivity index is -0.000000117. The van der Waals surface area contributed by atoms with Crippen LogP contribution in [0.3, 0.4) is 0 Å². The van der Waals surface area contributed by atoms with E-state index >= 15 is 0 Å². The van der Waals surface area contributed by atoms with E-state index < -0.39 is 0 Å². The first kappa shape index (κ1) is 17.6. The Kier molecular flexibility index (Phi) is 33.0. The third-order valence-corrected chi connectivity index (χ3v) is 1.26. The maximum atomic E-state index is 3.94. The molecule has 0 amide bonds. The van der Waals surface area contributed by atoms with Crippen LogP contribution < -0.4 is 0 Å². The van der Waals surface area contributed by atoms with Gasteiger partial charge in [0.2, 0.25) is 0 Å². The van der Waals surface area contributed by atoms with Gasteiger partial charge in [-0.2, -0.15) is 0 Å². The van der Waals surface area contributed by atoms with Crippen molar-refractivity contribution in [1.29, 1.82) is 0 Å². The highest BCUT2D eigenvalue weighted by Gasteiger charge is 1.76. The molecule has 1 aromatic rings. The molecule has 0 unspecified atom stereocenters. The normalized spacial score (nSPS) is 5.92. The molecule has 1 aromatic heterocycles. The lowest BCUT2D eigenvalue weighted by Crippen LogP contribution is -1.59. The van der Waals surface area contributed by atoms with Crippen LogP contribution in [-0.2, 0) is 0 Å². The quantitative estimate of drug-likeness (QED) is 0.584. The Labute approximate surface area is 81.9 Å². The molecule has 0 radical (unpaired) electrons. The van der Waals surface area contributed by atoms with Crippen LogP contribution in [0, 0.1) is 6.92 Å². The SMILES string of the molecule is CC.CC.CC.Cc1cscn1. The Morgan fingerprint density at radius 2 is 1.42 bits per heavy atom. The molecule has 1 rings (SSSR count). The summed E-state index contributed by atoms with van der Waals surface area (Å²) in [5.74, 6) is 0. The number of aromatic nitrogens is 1. The molecule has 0 saturated heterocycles. The summed E-state index contributed by atoms with van der Waals surface area (Å²) < 4.78 is 0. The number of rotatable bonds is 0. The number of thiazole rings is 1. The van der Waals surface area contributed by atoms with Gasteiger partial charge in [-0.15, -0.1) is 11.3 Å². The Bertz CT molecular complexity index is 113. The van der Waals surface area contributed by atoms with Gasteiger partial charge in [-0.05, 0) is 6.92 Å². The van der Waals surface area contributed by atoms with Gasteiger partial charge < -0.3 is 0 Å². The molecule has 0 fully saturated rings. The monoisotopic (exact) mass is 189 g/mol. The van der Waals surface area contributed by atoms with Crippen LogP contribution >= 0.6 is 11.3 Å². The van der Waals surface area contributed by atoms with Gasteiger partial charge in [0, 0.05) is 11.1 Å². The molecule has 0 aliphatic rings. The first-order chi connectivity index (χ1) is 5.89. The zero-order valence-corrected chi connectivity index (χ0v) is 10.3. The molecule has 0 atom stereocenters. The molecule has 0 spiro atoms. The van der Waals surface area contributed by atoms with E-state index in [1.54, 1.807) is 11.3 Å². The Morgan fingerprint density at radius 1 is 1.00 bits per heavy atom. The molecule has 0 N–H and O–H groups in total. The van der Waals surface area contributed by atoms with Gasteiger partial charge in [0.05, 0.1) is 5.51 Å². The van der Waals surface area contributed by atoms with Crippen LogP contribution in [0.2, 0.25) is 0 Å². The summed E-state index contributed by atoms with van der Waals surface area (Å²) >= 11 is 1.63. The van der Waals surface area contributed by atoms with Crippen molar-refractivity contribution in [3.05, 3.63) is 16.6 Å². The fourth-order valence-electron chi connectivity index (χ4n) is 0.273. The highest BCUT2D eigenvalue weighted by atomic mass is 32.1. The van der Waals surface area contributed by atoms with Crippen molar-refractivity contribution in [2.24, 2.45) is 0 Å². The number of aryl methyl sites for hydroxylation is 1. The highest BCUT2D eigenvalue weighted by Crippen LogP contribution is 1.95. The molecule has 74 valence electrons. The minimum atomic E-state index is 1.11. The molecule has 12 heavy (non-hydrogen) atoms. The molecular formula is C10H23NS. The summed E-state index contributed by atoms with van der Waals surface area (Å²) in [6.07, 6.45) is 0. The molecule has 1 nitrogen and oxygen atoms in total. The van der Waals surface area contributed by atoms with Crippen molar-refractivity contribution in [2.45, 2.75) is 48.5 Å². The summed E-state index contributed by atoms with van der Waals surface area (Å²) in [6, 6.07) is 0. The van der Waals surface area contributed by atoms with E-state index in [2.05, 4.69) is 4.98 Å². The topological polar surface area (TPSA) is 12.9 Å². The number of hydrogen-bond donors (Lipinski definition) is 0. The maximum absolute atomic E-state index is 3.94. The van der Waals surface area contributed by atoms with Gasteiger partial charge in [0.15, 0.2) is 0 Å². The van der Waals surface area contributed by atoms with E-state index in [1.165, 1.54) is 0 Å². The van der Waals surface area contributed by atoms with Gasteiger partial charge in [-0.3, -0.25) is 4.98 Å². The first-order valence-electron chi connectivity index (χ1n) is 4.74. The van der Waals surface area contributed by atoms with Crippen molar-refractivity contribution in [1.82, 2.24) is 4.98 Å². The zero-order valence-electron chi connectivity index (χ0n) is 9.51. The van der Waals surface area contributed by atoms with Crippen molar-refractivity contribution in [3.63, 3.8) is 0 Å². The zero-order chi connectivity index (χ0) is 10.4. The molecule has 0 aliphatic carbocycles. The van der Waals surface area contributed by atoms with Crippen molar-refractivity contribution < 1.29 is 0 Å². The number of hydrogen-bond acceptors (Lipinski definition) is 2. The standard InChI is InChI=1S/C4H5NS.3C2H6/c1-4-2-6-3-5-4;3*1-2/h2-3H,1H3;3*1-2H3. The van der Waals surface area contributed by atoms with Crippen molar-refractivity contribution in [2.75, 3.05) is 0 Å². The third kappa shape index (κ3) is 16.3. The third-order valence-electron chi connectivity index (χ3n) is 0.556. The average molecular weight is 189 g/mol. The van der Waals surface area contributed by atoms with E-state index in [-0.39, 0.29) is 0 Å². The van der Waals surface area contributed by atoms with Crippen LogP contribution in [0.5, 0.6) is 0 Å². The smallest absolute Gasteiger partial charge is 0.0794 e. The lowest BCUT2D eigenvalue weighted by Gasteiger charge is -1.64. The molecule has 0 bridgehead atoms. The summed E-state index contributed by atoms with van der Waals surface area (Å²) in [5, 5.41) is 2.01. The molecule has 0 aliphatic heterocycles. The Hall–Kier alpha value is -0.370. The number of nitrogens with zero attached hydrogens (tertiary/aromatic N) is 1. The van der Waals surface area contributed by atoms with E-state index in [1.807, 2.05) is 59.4 Å². The summed E-state index contributed by atoms with van der Waals surface area (Å²) in [4.78, 5) is 3.94. The predicted molar refractivity (Wildman–Crippen MR) is 60.9 cm³/mol. The lowest BCUT2D eigenvalue weighted by molar-refractivity contribution is 1.27. The van der Waals surface area contributed by atoms with Gasteiger partial charge >= 0.3 is 0 Å². The summed E-state index contributed by atoms with van der Waals surface area (Å²) in [6.45, 7) is 14.0. The second-order valence-electron chi connectivity index (χ2n) is 1.13.